The highest BCUT2D eigenvalue weighted by Crippen LogP contribution is 2.32. The van der Waals surface area contributed by atoms with E-state index < -0.39 is 22.0 Å². The monoisotopic (exact) mass is 473 g/mol. The van der Waals surface area contributed by atoms with Gasteiger partial charge in [0.2, 0.25) is 0 Å². The van der Waals surface area contributed by atoms with E-state index in [2.05, 4.69) is 10.0 Å². The molecule has 3 rings (SSSR count). The molecular formula is C23H27N3O4S2. The van der Waals surface area contributed by atoms with Gasteiger partial charge in [0, 0.05) is 18.4 Å². The van der Waals surface area contributed by atoms with Gasteiger partial charge in [-0.2, -0.15) is 0 Å². The molecule has 2 aromatic rings. The zero-order chi connectivity index (χ0) is 23.6. The number of nitrogens with zero attached hydrogens (tertiary/aromatic N) is 1. The Hall–Kier alpha value is -2.91. The third-order valence-electron chi connectivity index (χ3n) is 5.14. The summed E-state index contributed by atoms with van der Waals surface area (Å²) in [6.45, 7) is 7.30. The lowest BCUT2D eigenvalue weighted by Crippen LogP contribution is -2.46. The van der Waals surface area contributed by atoms with Crippen LogP contribution in [0.5, 0.6) is 0 Å². The number of carbonyl (C=O) groups is 1. The maximum atomic E-state index is 12.8. The van der Waals surface area contributed by atoms with Crippen LogP contribution in [-0.2, 0) is 19.6 Å². The molecule has 0 amide bonds. The zero-order valence-corrected chi connectivity index (χ0v) is 20.3. The quantitative estimate of drug-likeness (QED) is 0.486. The number of nitrogens with one attached hydrogen (secondary N) is 2. The van der Waals surface area contributed by atoms with E-state index >= 15 is 0 Å². The van der Waals surface area contributed by atoms with Gasteiger partial charge in [-0.25, -0.2) is 13.2 Å². The van der Waals surface area contributed by atoms with Crippen molar-refractivity contribution in [2.24, 2.45) is 0 Å². The fourth-order valence-electron chi connectivity index (χ4n) is 3.30. The molecule has 0 spiro atoms. The van der Waals surface area contributed by atoms with Gasteiger partial charge in [0.15, 0.2) is 5.11 Å². The summed E-state index contributed by atoms with van der Waals surface area (Å²) in [6.07, 6.45) is -0.263. The number of hydrogen-bond donors (Lipinski definition) is 2. The standard InChI is InChI=1S/C23H27N3O4S2/c1-14(2)30-22(27)20-16(4)26(5)23(31)24-21(20)17-8-10-18(11-9-17)25-32(28,29)19-12-6-15(3)7-13-19/h6-14,21,25H,1-5H3,(H,24,31). The Kier molecular flexibility index (Phi) is 6.90. The third kappa shape index (κ3) is 5.11. The Morgan fingerprint density at radius 3 is 2.25 bits per heavy atom. The van der Waals surface area contributed by atoms with Crippen molar-refractivity contribution in [3.05, 3.63) is 70.9 Å². The third-order valence-corrected chi connectivity index (χ3v) is 6.93. The van der Waals surface area contributed by atoms with Crippen LogP contribution in [0.3, 0.4) is 0 Å². The Morgan fingerprint density at radius 2 is 1.69 bits per heavy atom. The fourth-order valence-corrected chi connectivity index (χ4v) is 4.62. The van der Waals surface area contributed by atoms with Crippen LogP contribution in [0.1, 0.15) is 37.9 Å². The van der Waals surface area contributed by atoms with Crippen LogP contribution in [-0.4, -0.2) is 37.6 Å². The number of carbonyl (C=O) groups excluding carboxylic acids is 1. The van der Waals surface area contributed by atoms with Crippen molar-refractivity contribution in [1.82, 2.24) is 10.2 Å². The predicted octanol–water partition coefficient (Wildman–Crippen LogP) is 3.88. The molecule has 32 heavy (non-hydrogen) atoms. The van der Waals surface area contributed by atoms with E-state index in [9.17, 15) is 13.2 Å². The fraction of sp³-hybridized carbons (Fsp3) is 0.304. The average molecular weight is 474 g/mol. The van der Waals surface area contributed by atoms with E-state index in [-0.39, 0.29) is 11.0 Å². The second-order valence-electron chi connectivity index (χ2n) is 7.94. The molecule has 0 aliphatic carbocycles. The molecule has 2 aromatic carbocycles. The summed E-state index contributed by atoms with van der Waals surface area (Å²) in [7, 11) is -1.92. The number of benzene rings is 2. The summed E-state index contributed by atoms with van der Waals surface area (Å²) in [5.74, 6) is -0.423. The number of allylic oxidation sites excluding steroid dienone is 1. The van der Waals surface area contributed by atoms with Crippen molar-refractivity contribution in [3.8, 4) is 0 Å². The lowest BCUT2D eigenvalue weighted by atomic mass is 9.95. The van der Waals surface area contributed by atoms with Gasteiger partial charge in [-0.05, 0) is 69.7 Å². The SMILES string of the molecule is CC1=C(C(=O)OC(C)C)C(c2ccc(NS(=O)(=O)c3ccc(C)cc3)cc2)NC(=S)N1C. The van der Waals surface area contributed by atoms with Gasteiger partial charge in [-0.1, -0.05) is 29.8 Å². The van der Waals surface area contributed by atoms with Crippen LogP contribution in [0.15, 0.2) is 64.7 Å². The summed E-state index contributed by atoms with van der Waals surface area (Å²) in [6, 6.07) is 13.0. The molecule has 0 aromatic heterocycles. The van der Waals surface area contributed by atoms with Crippen LogP contribution < -0.4 is 10.0 Å². The van der Waals surface area contributed by atoms with Crippen molar-refractivity contribution < 1.29 is 17.9 Å². The van der Waals surface area contributed by atoms with Crippen LogP contribution in [0.25, 0.3) is 0 Å². The Balaban J connectivity index is 1.88. The van der Waals surface area contributed by atoms with Crippen LogP contribution >= 0.6 is 12.2 Å². The van der Waals surface area contributed by atoms with Crippen molar-refractivity contribution in [1.29, 1.82) is 0 Å². The van der Waals surface area contributed by atoms with Gasteiger partial charge < -0.3 is 15.0 Å². The highest BCUT2D eigenvalue weighted by atomic mass is 32.2. The van der Waals surface area contributed by atoms with Crippen LogP contribution in [0.4, 0.5) is 5.69 Å². The van der Waals surface area contributed by atoms with E-state index in [0.717, 1.165) is 11.1 Å². The number of thiocarbonyl (C=S) groups is 1. The summed E-state index contributed by atoms with van der Waals surface area (Å²) in [4.78, 5) is 14.7. The molecule has 0 saturated carbocycles. The minimum absolute atomic E-state index is 0.187. The Bertz CT molecular complexity index is 1150. The first-order valence-electron chi connectivity index (χ1n) is 10.1. The number of esters is 1. The molecule has 0 fully saturated rings. The first kappa shape index (κ1) is 23.7. The number of hydrogen-bond acceptors (Lipinski definition) is 5. The van der Waals surface area contributed by atoms with Crippen molar-refractivity contribution in [2.75, 3.05) is 11.8 Å². The van der Waals surface area contributed by atoms with Crippen LogP contribution in [0, 0.1) is 6.92 Å². The van der Waals surface area contributed by atoms with Gasteiger partial charge in [-0.3, -0.25) is 4.72 Å². The van der Waals surface area contributed by atoms with Gasteiger partial charge in [0.05, 0.1) is 22.6 Å². The summed E-state index contributed by atoms with van der Waals surface area (Å²) >= 11 is 5.41. The summed E-state index contributed by atoms with van der Waals surface area (Å²) < 4.78 is 33.3. The molecule has 2 N–H and O–H groups in total. The summed E-state index contributed by atoms with van der Waals surface area (Å²) in [5.41, 5.74) is 3.31. The first-order valence-corrected chi connectivity index (χ1v) is 12.0. The molecule has 1 aliphatic rings. The number of ether oxygens (including phenoxy) is 1. The second-order valence-corrected chi connectivity index (χ2v) is 10.0. The van der Waals surface area contributed by atoms with Crippen molar-refractivity contribution >= 4 is 39.0 Å². The summed E-state index contributed by atoms with van der Waals surface area (Å²) in [5, 5.41) is 3.66. The molecule has 9 heteroatoms. The molecule has 0 bridgehead atoms. The maximum Gasteiger partial charge on any atom is 0.338 e. The number of sulfonamides is 1. The van der Waals surface area contributed by atoms with E-state index in [1.165, 1.54) is 0 Å². The van der Waals surface area contributed by atoms with Gasteiger partial charge in [0.25, 0.3) is 10.0 Å². The number of aryl methyl sites for hydroxylation is 1. The first-order chi connectivity index (χ1) is 15.0. The molecule has 1 aliphatic heterocycles. The largest absolute Gasteiger partial charge is 0.459 e. The number of rotatable bonds is 6. The Labute approximate surface area is 194 Å². The van der Waals surface area contributed by atoms with E-state index in [1.54, 1.807) is 74.3 Å². The predicted molar refractivity (Wildman–Crippen MR) is 129 cm³/mol. The van der Waals surface area contributed by atoms with Crippen molar-refractivity contribution in [2.45, 2.75) is 44.7 Å². The molecule has 7 nitrogen and oxygen atoms in total. The molecule has 1 unspecified atom stereocenters. The minimum Gasteiger partial charge on any atom is -0.459 e. The molecule has 1 heterocycles. The topological polar surface area (TPSA) is 87.7 Å². The van der Waals surface area contributed by atoms with E-state index in [1.807, 2.05) is 13.8 Å². The lowest BCUT2D eigenvalue weighted by molar-refractivity contribution is -0.143. The highest BCUT2D eigenvalue weighted by molar-refractivity contribution is 7.92. The van der Waals surface area contributed by atoms with Crippen molar-refractivity contribution in [3.63, 3.8) is 0 Å². The van der Waals surface area contributed by atoms with E-state index in [4.69, 9.17) is 17.0 Å². The molecule has 1 atom stereocenters. The molecular weight excluding hydrogens is 446 g/mol. The highest BCUT2D eigenvalue weighted by Gasteiger charge is 2.33. The number of anilines is 1. The van der Waals surface area contributed by atoms with Gasteiger partial charge >= 0.3 is 5.97 Å². The molecule has 0 radical (unpaired) electrons. The normalized spacial score (nSPS) is 16.8. The van der Waals surface area contributed by atoms with Gasteiger partial charge in [-0.15, -0.1) is 0 Å². The van der Waals surface area contributed by atoms with E-state index in [0.29, 0.717) is 22.1 Å². The second kappa shape index (κ2) is 9.30. The lowest BCUT2D eigenvalue weighted by Gasteiger charge is -2.35. The average Bonchev–Trinajstić information content (AvgIpc) is 2.71. The molecule has 170 valence electrons. The zero-order valence-electron chi connectivity index (χ0n) is 18.7. The van der Waals surface area contributed by atoms with Gasteiger partial charge in [0.1, 0.15) is 0 Å². The van der Waals surface area contributed by atoms with Crippen LogP contribution in [0.2, 0.25) is 0 Å². The Morgan fingerprint density at radius 1 is 1.09 bits per heavy atom. The smallest absolute Gasteiger partial charge is 0.338 e. The minimum atomic E-state index is -3.71. The molecule has 0 saturated heterocycles. The maximum absolute atomic E-state index is 12.8.